The number of rotatable bonds is 6. The van der Waals surface area contributed by atoms with Gasteiger partial charge in [-0.15, -0.1) is 0 Å². The largest absolute Gasteiger partial charge is 0.372 e. The number of carbonyl (C=O) groups excluding carboxylic acids is 1. The summed E-state index contributed by atoms with van der Waals surface area (Å²) < 4.78 is 0. The van der Waals surface area contributed by atoms with Gasteiger partial charge in [0, 0.05) is 49.1 Å². The van der Waals surface area contributed by atoms with Crippen molar-refractivity contribution in [2.45, 2.75) is 19.8 Å². The van der Waals surface area contributed by atoms with Gasteiger partial charge in [-0.05, 0) is 56.2 Å². The molecule has 1 fully saturated rings. The van der Waals surface area contributed by atoms with Gasteiger partial charge in [0.25, 0.3) is 5.91 Å². The van der Waals surface area contributed by atoms with Crippen molar-refractivity contribution in [1.82, 2.24) is 9.97 Å². The molecule has 1 aliphatic heterocycles. The van der Waals surface area contributed by atoms with Crippen LogP contribution in [0.15, 0.2) is 67.0 Å². The molecule has 29 heavy (non-hydrogen) atoms. The number of nitrogens with zero attached hydrogens (tertiary/aromatic N) is 4. The number of nitrogens with one attached hydrogen (secondary N) is 1. The van der Waals surface area contributed by atoms with Crippen molar-refractivity contribution >= 4 is 28.9 Å². The number of carbonyl (C=O) groups is 1. The lowest BCUT2D eigenvalue weighted by molar-refractivity contribution is 0.102. The molecule has 0 unspecified atom stereocenters. The Morgan fingerprint density at radius 1 is 1.00 bits per heavy atom. The maximum absolute atomic E-state index is 12.6. The van der Waals surface area contributed by atoms with Crippen LogP contribution >= 0.6 is 0 Å². The summed E-state index contributed by atoms with van der Waals surface area (Å²) in [6.07, 6.45) is 5.63. The van der Waals surface area contributed by atoms with E-state index in [1.54, 1.807) is 12.4 Å². The Balaban J connectivity index is 1.42. The second kappa shape index (κ2) is 8.73. The van der Waals surface area contributed by atoms with E-state index in [2.05, 4.69) is 32.3 Å². The van der Waals surface area contributed by atoms with Gasteiger partial charge in [0.05, 0.1) is 5.56 Å². The highest BCUT2D eigenvalue weighted by molar-refractivity contribution is 6.04. The highest BCUT2D eigenvalue weighted by Crippen LogP contribution is 2.23. The van der Waals surface area contributed by atoms with Crippen LogP contribution in [0.3, 0.4) is 0 Å². The first kappa shape index (κ1) is 18.9. The van der Waals surface area contributed by atoms with Crippen molar-refractivity contribution in [3.05, 3.63) is 72.6 Å². The predicted octanol–water partition coefficient (Wildman–Crippen LogP) is 4.49. The number of anilines is 4. The molecule has 0 atom stereocenters. The number of para-hydroxylation sites is 1. The van der Waals surface area contributed by atoms with Crippen molar-refractivity contribution in [2.75, 3.05) is 34.8 Å². The van der Waals surface area contributed by atoms with Crippen molar-refractivity contribution in [2.24, 2.45) is 0 Å². The zero-order chi connectivity index (χ0) is 20.1. The molecule has 6 nitrogen and oxygen atoms in total. The summed E-state index contributed by atoms with van der Waals surface area (Å²) in [5.41, 5.74) is 3.42. The minimum atomic E-state index is -0.215. The normalized spacial score (nSPS) is 13.3. The molecular weight excluding hydrogens is 362 g/mol. The molecule has 0 bridgehead atoms. The van der Waals surface area contributed by atoms with Crippen LogP contribution in [0.4, 0.5) is 23.0 Å². The van der Waals surface area contributed by atoms with Crippen molar-refractivity contribution < 1.29 is 4.79 Å². The molecule has 2 heterocycles. The summed E-state index contributed by atoms with van der Waals surface area (Å²) in [4.78, 5) is 25.7. The molecule has 1 saturated heterocycles. The van der Waals surface area contributed by atoms with E-state index in [9.17, 15) is 4.79 Å². The van der Waals surface area contributed by atoms with Gasteiger partial charge >= 0.3 is 0 Å². The van der Waals surface area contributed by atoms with Crippen LogP contribution < -0.4 is 15.1 Å². The number of benzene rings is 2. The van der Waals surface area contributed by atoms with E-state index in [4.69, 9.17) is 0 Å². The Morgan fingerprint density at radius 2 is 1.66 bits per heavy atom. The smallest absolute Gasteiger partial charge is 0.258 e. The van der Waals surface area contributed by atoms with Crippen LogP contribution in [0.1, 0.15) is 30.1 Å². The minimum Gasteiger partial charge on any atom is -0.372 e. The van der Waals surface area contributed by atoms with Gasteiger partial charge in [-0.1, -0.05) is 18.2 Å². The lowest BCUT2D eigenvalue weighted by atomic mass is 10.2. The lowest BCUT2D eigenvalue weighted by Crippen LogP contribution is -2.20. The molecule has 0 aliphatic carbocycles. The predicted molar refractivity (Wildman–Crippen MR) is 117 cm³/mol. The third kappa shape index (κ3) is 4.37. The molecule has 1 aliphatic rings. The Bertz CT molecular complexity index is 935. The maximum Gasteiger partial charge on any atom is 0.258 e. The molecule has 1 N–H and O–H groups in total. The lowest BCUT2D eigenvalue weighted by Gasteiger charge is -2.20. The van der Waals surface area contributed by atoms with E-state index in [0.29, 0.717) is 11.5 Å². The molecule has 0 saturated carbocycles. The molecule has 3 aromatic rings. The third-order valence-electron chi connectivity index (χ3n) is 5.12. The summed E-state index contributed by atoms with van der Waals surface area (Å²) in [6.45, 7) is 4.99. The van der Waals surface area contributed by atoms with Gasteiger partial charge in [0.15, 0.2) is 0 Å². The monoisotopic (exact) mass is 387 g/mol. The quantitative estimate of drug-likeness (QED) is 0.675. The molecule has 2 aromatic carbocycles. The number of hydrogen-bond donors (Lipinski definition) is 1. The average Bonchev–Trinajstić information content (AvgIpc) is 3.31. The number of aromatic nitrogens is 2. The first-order valence-electron chi connectivity index (χ1n) is 10.1. The fourth-order valence-electron chi connectivity index (χ4n) is 3.56. The average molecular weight is 387 g/mol. The molecule has 1 aromatic heterocycles. The van der Waals surface area contributed by atoms with Crippen LogP contribution in [-0.2, 0) is 0 Å². The van der Waals surface area contributed by atoms with E-state index in [-0.39, 0.29) is 5.91 Å². The fraction of sp³-hybridized carbons (Fsp3) is 0.261. The fourth-order valence-corrected chi connectivity index (χ4v) is 3.56. The molecule has 148 valence electrons. The second-order valence-electron chi connectivity index (χ2n) is 7.05. The summed E-state index contributed by atoms with van der Waals surface area (Å²) in [6, 6.07) is 18.0. The minimum absolute atomic E-state index is 0.215. The van der Waals surface area contributed by atoms with E-state index >= 15 is 0 Å². The van der Waals surface area contributed by atoms with Gasteiger partial charge in [0.1, 0.15) is 0 Å². The zero-order valence-corrected chi connectivity index (χ0v) is 16.6. The zero-order valence-electron chi connectivity index (χ0n) is 16.6. The van der Waals surface area contributed by atoms with E-state index in [1.165, 1.54) is 18.5 Å². The van der Waals surface area contributed by atoms with Crippen LogP contribution in [-0.4, -0.2) is 35.5 Å². The van der Waals surface area contributed by atoms with Crippen LogP contribution in [0, 0.1) is 0 Å². The van der Waals surface area contributed by atoms with Gasteiger partial charge < -0.3 is 15.1 Å². The van der Waals surface area contributed by atoms with Crippen LogP contribution in [0.5, 0.6) is 0 Å². The Kier molecular flexibility index (Phi) is 5.70. The Hall–Kier alpha value is -3.41. The summed E-state index contributed by atoms with van der Waals surface area (Å²) in [5.74, 6) is 0.360. The number of hydrogen-bond acceptors (Lipinski definition) is 5. The first-order valence-corrected chi connectivity index (χ1v) is 10.1. The Labute approximate surface area is 171 Å². The van der Waals surface area contributed by atoms with Gasteiger partial charge in [-0.2, -0.15) is 0 Å². The van der Waals surface area contributed by atoms with Gasteiger partial charge in [-0.3, -0.25) is 4.79 Å². The first-order chi connectivity index (χ1) is 14.2. The summed E-state index contributed by atoms with van der Waals surface area (Å²) >= 11 is 0. The molecule has 4 rings (SSSR count). The maximum atomic E-state index is 12.6. The highest BCUT2D eigenvalue weighted by atomic mass is 16.1. The third-order valence-corrected chi connectivity index (χ3v) is 5.12. The molecule has 6 heteroatoms. The van der Waals surface area contributed by atoms with E-state index in [0.717, 1.165) is 31.0 Å². The molecular formula is C23H25N5O. The van der Waals surface area contributed by atoms with Crippen LogP contribution in [0.25, 0.3) is 0 Å². The Morgan fingerprint density at radius 3 is 2.28 bits per heavy atom. The van der Waals surface area contributed by atoms with Gasteiger partial charge in [0.2, 0.25) is 5.95 Å². The second-order valence-corrected chi connectivity index (χ2v) is 7.05. The van der Waals surface area contributed by atoms with Gasteiger partial charge in [-0.25, -0.2) is 9.97 Å². The standard InChI is InChI=1S/C23H25N5O/c1-2-28(21-8-4-3-5-9-21)23-24-16-18(17-25-23)22(29)26-19-10-12-20(13-11-19)27-14-6-7-15-27/h3-5,8-13,16-17H,2,6-7,14-15H2,1H3,(H,26,29). The molecule has 0 spiro atoms. The van der Waals surface area contributed by atoms with Crippen molar-refractivity contribution in [3.63, 3.8) is 0 Å². The molecule has 1 amide bonds. The summed E-state index contributed by atoms with van der Waals surface area (Å²) in [7, 11) is 0. The van der Waals surface area contributed by atoms with Crippen molar-refractivity contribution in [1.29, 1.82) is 0 Å². The molecule has 0 radical (unpaired) electrons. The van der Waals surface area contributed by atoms with E-state index < -0.39 is 0 Å². The topological polar surface area (TPSA) is 61.4 Å². The van der Waals surface area contributed by atoms with Crippen LogP contribution in [0.2, 0.25) is 0 Å². The summed E-state index contributed by atoms with van der Waals surface area (Å²) in [5, 5.41) is 2.92. The van der Waals surface area contributed by atoms with E-state index in [1.807, 2.05) is 54.3 Å². The highest BCUT2D eigenvalue weighted by Gasteiger charge is 2.14. The number of amides is 1. The van der Waals surface area contributed by atoms with Crippen molar-refractivity contribution in [3.8, 4) is 0 Å². The SMILES string of the molecule is CCN(c1ccccc1)c1ncc(C(=O)Nc2ccc(N3CCCC3)cc2)cn1.